The van der Waals surface area contributed by atoms with Crippen molar-refractivity contribution in [3.8, 4) is 0 Å². The molecule has 1 heterocycles. The maximum atomic E-state index is 12.2. The molecule has 0 radical (unpaired) electrons. The Balaban J connectivity index is 2.04. The predicted octanol–water partition coefficient (Wildman–Crippen LogP) is 4.43. The van der Waals surface area contributed by atoms with Gasteiger partial charge in [0, 0.05) is 5.88 Å². The van der Waals surface area contributed by atoms with E-state index in [4.69, 9.17) is 11.6 Å². The highest BCUT2D eigenvalue weighted by atomic mass is 79.9. The fourth-order valence-electron chi connectivity index (χ4n) is 2.35. The monoisotopic (exact) mass is 349 g/mol. The van der Waals surface area contributed by atoms with Crippen LogP contribution >= 0.6 is 38.9 Å². The topological polar surface area (TPSA) is 29.1 Å². The summed E-state index contributed by atoms with van der Waals surface area (Å²) in [6, 6.07) is 3.74. The van der Waals surface area contributed by atoms with E-state index in [9.17, 15) is 4.79 Å². The van der Waals surface area contributed by atoms with Gasteiger partial charge in [-0.1, -0.05) is 6.92 Å². The number of alkyl halides is 1. The summed E-state index contributed by atoms with van der Waals surface area (Å²) in [6.45, 7) is 2.26. The van der Waals surface area contributed by atoms with Gasteiger partial charge in [-0.25, -0.2) is 0 Å². The number of carbonyl (C=O) groups is 1. The molecule has 0 aromatic carbocycles. The largest absolute Gasteiger partial charge is 0.345 e. The van der Waals surface area contributed by atoms with E-state index in [1.165, 1.54) is 11.3 Å². The highest BCUT2D eigenvalue weighted by Gasteiger charge is 2.35. The molecule has 1 aromatic heterocycles. The van der Waals surface area contributed by atoms with Crippen molar-refractivity contribution in [2.75, 3.05) is 5.88 Å². The van der Waals surface area contributed by atoms with Gasteiger partial charge in [-0.15, -0.1) is 22.9 Å². The van der Waals surface area contributed by atoms with Crippen LogP contribution in [0.25, 0.3) is 0 Å². The van der Waals surface area contributed by atoms with E-state index in [-0.39, 0.29) is 11.4 Å². The molecule has 100 valence electrons. The minimum absolute atomic E-state index is 0.000836. The van der Waals surface area contributed by atoms with Crippen LogP contribution in [0.2, 0.25) is 0 Å². The minimum atomic E-state index is -0.207. The van der Waals surface area contributed by atoms with Crippen molar-refractivity contribution in [2.45, 2.75) is 38.1 Å². The van der Waals surface area contributed by atoms with Gasteiger partial charge >= 0.3 is 0 Å². The summed E-state index contributed by atoms with van der Waals surface area (Å²) >= 11 is 10.9. The molecule has 1 aromatic rings. The van der Waals surface area contributed by atoms with E-state index in [0.29, 0.717) is 5.88 Å². The summed E-state index contributed by atoms with van der Waals surface area (Å²) in [7, 11) is 0. The number of rotatable bonds is 3. The van der Waals surface area contributed by atoms with E-state index in [1.807, 2.05) is 12.1 Å². The van der Waals surface area contributed by atoms with Crippen LogP contribution in [0.1, 0.15) is 42.3 Å². The summed E-state index contributed by atoms with van der Waals surface area (Å²) in [6.07, 6.45) is 4.24. The SMILES string of the molecule is CC1CCC(CCl)(NC(=O)c2ccc(Br)s2)CC1. The van der Waals surface area contributed by atoms with Gasteiger partial charge in [-0.3, -0.25) is 4.79 Å². The molecule has 0 spiro atoms. The zero-order chi connectivity index (χ0) is 13.2. The Morgan fingerprint density at radius 2 is 2.22 bits per heavy atom. The molecule has 0 saturated heterocycles. The normalized spacial score (nSPS) is 28.1. The Labute approximate surface area is 125 Å². The maximum absolute atomic E-state index is 12.2. The molecule has 0 atom stereocenters. The summed E-state index contributed by atoms with van der Waals surface area (Å²) in [5.41, 5.74) is -0.207. The molecule has 1 N–H and O–H groups in total. The van der Waals surface area contributed by atoms with Gasteiger partial charge in [0.25, 0.3) is 5.91 Å². The second-order valence-corrected chi connectivity index (χ2v) is 7.88. The van der Waals surface area contributed by atoms with Crippen LogP contribution in [0.5, 0.6) is 0 Å². The third-order valence-corrected chi connectivity index (χ3v) is 5.80. The molecule has 18 heavy (non-hydrogen) atoms. The lowest BCUT2D eigenvalue weighted by atomic mass is 9.78. The Morgan fingerprint density at radius 1 is 1.56 bits per heavy atom. The van der Waals surface area contributed by atoms with Crippen molar-refractivity contribution < 1.29 is 4.79 Å². The van der Waals surface area contributed by atoms with Gasteiger partial charge in [0.2, 0.25) is 0 Å². The maximum Gasteiger partial charge on any atom is 0.261 e. The molecular weight excluding hydrogens is 334 g/mol. The molecule has 0 bridgehead atoms. The van der Waals surface area contributed by atoms with Gasteiger partial charge in [0.15, 0.2) is 0 Å². The van der Waals surface area contributed by atoms with E-state index in [2.05, 4.69) is 28.2 Å². The molecule has 2 rings (SSSR count). The van der Waals surface area contributed by atoms with Crippen LogP contribution in [0, 0.1) is 5.92 Å². The molecule has 1 aliphatic carbocycles. The number of hydrogen-bond acceptors (Lipinski definition) is 2. The summed E-state index contributed by atoms with van der Waals surface area (Å²) in [4.78, 5) is 12.9. The lowest BCUT2D eigenvalue weighted by Crippen LogP contribution is -2.52. The van der Waals surface area contributed by atoms with Crippen molar-refractivity contribution in [1.29, 1.82) is 0 Å². The predicted molar refractivity (Wildman–Crippen MR) is 80.6 cm³/mol. The third kappa shape index (κ3) is 3.28. The fourth-order valence-corrected chi connectivity index (χ4v) is 3.96. The molecule has 1 aliphatic rings. The fraction of sp³-hybridized carbons (Fsp3) is 0.615. The molecule has 0 unspecified atom stereocenters. The number of nitrogens with one attached hydrogen (secondary N) is 1. The van der Waals surface area contributed by atoms with E-state index in [1.54, 1.807) is 0 Å². The Bertz CT molecular complexity index is 426. The molecule has 0 aliphatic heterocycles. The summed E-state index contributed by atoms with van der Waals surface area (Å²) in [5.74, 6) is 1.24. The van der Waals surface area contributed by atoms with Crippen LogP contribution < -0.4 is 5.32 Å². The number of amides is 1. The lowest BCUT2D eigenvalue weighted by molar-refractivity contribution is 0.0876. The molecule has 1 amide bonds. The number of hydrogen-bond donors (Lipinski definition) is 1. The average Bonchev–Trinajstić information content (AvgIpc) is 2.79. The second kappa shape index (κ2) is 5.93. The first kappa shape index (κ1) is 14.4. The van der Waals surface area contributed by atoms with Crippen LogP contribution in [-0.2, 0) is 0 Å². The van der Waals surface area contributed by atoms with Gasteiger partial charge in [0.05, 0.1) is 14.2 Å². The number of thiophene rings is 1. The Morgan fingerprint density at radius 3 is 2.72 bits per heavy atom. The van der Waals surface area contributed by atoms with Gasteiger partial charge in [-0.05, 0) is 59.7 Å². The van der Waals surface area contributed by atoms with Crippen molar-refractivity contribution in [3.63, 3.8) is 0 Å². The third-order valence-electron chi connectivity index (χ3n) is 3.66. The van der Waals surface area contributed by atoms with Gasteiger partial charge < -0.3 is 5.32 Å². The van der Waals surface area contributed by atoms with Crippen LogP contribution in [0.4, 0.5) is 0 Å². The number of halogens is 2. The summed E-state index contributed by atoms with van der Waals surface area (Å²) in [5, 5.41) is 3.15. The first-order valence-electron chi connectivity index (χ1n) is 6.18. The minimum Gasteiger partial charge on any atom is -0.345 e. The average molecular weight is 351 g/mol. The van der Waals surface area contributed by atoms with Crippen molar-refractivity contribution >= 4 is 44.8 Å². The van der Waals surface area contributed by atoms with Crippen LogP contribution in [0.3, 0.4) is 0 Å². The van der Waals surface area contributed by atoms with Crippen molar-refractivity contribution in [3.05, 3.63) is 20.8 Å². The number of carbonyl (C=O) groups excluding carboxylic acids is 1. The zero-order valence-electron chi connectivity index (χ0n) is 10.3. The lowest BCUT2D eigenvalue weighted by Gasteiger charge is -2.38. The van der Waals surface area contributed by atoms with Crippen molar-refractivity contribution in [1.82, 2.24) is 5.32 Å². The van der Waals surface area contributed by atoms with Crippen LogP contribution in [-0.4, -0.2) is 17.3 Å². The molecular formula is C13H17BrClNOS. The first-order valence-corrected chi connectivity index (χ1v) is 8.33. The highest BCUT2D eigenvalue weighted by Crippen LogP contribution is 2.33. The summed E-state index contributed by atoms with van der Waals surface area (Å²) < 4.78 is 0.977. The Hall–Kier alpha value is -0.0600. The van der Waals surface area contributed by atoms with E-state index < -0.39 is 0 Å². The van der Waals surface area contributed by atoms with Gasteiger partial charge in [-0.2, -0.15) is 0 Å². The molecule has 1 fully saturated rings. The molecule has 2 nitrogen and oxygen atoms in total. The Kier molecular flexibility index (Phi) is 4.73. The van der Waals surface area contributed by atoms with Gasteiger partial charge in [0.1, 0.15) is 0 Å². The second-order valence-electron chi connectivity index (χ2n) is 5.15. The highest BCUT2D eigenvalue weighted by molar-refractivity contribution is 9.11. The first-order chi connectivity index (χ1) is 8.54. The van der Waals surface area contributed by atoms with Crippen molar-refractivity contribution in [2.24, 2.45) is 5.92 Å². The zero-order valence-corrected chi connectivity index (χ0v) is 13.5. The van der Waals surface area contributed by atoms with Crippen LogP contribution in [0.15, 0.2) is 15.9 Å². The molecule has 1 saturated carbocycles. The smallest absolute Gasteiger partial charge is 0.261 e. The quantitative estimate of drug-likeness (QED) is 0.803. The standard InChI is InChI=1S/C13H17BrClNOS/c1-9-4-6-13(8-15,7-5-9)16-12(17)10-2-3-11(14)18-10/h2-3,9H,4-8H2,1H3,(H,16,17). The van der Waals surface area contributed by atoms with E-state index >= 15 is 0 Å². The van der Waals surface area contributed by atoms with E-state index in [0.717, 1.165) is 40.3 Å². The molecule has 5 heteroatoms.